The molecule has 0 spiro atoms. The van der Waals surface area contributed by atoms with Crippen molar-refractivity contribution in [1.82, 2.24) is 14.5 Å². The monoisotopic (exact) mass is 438 g/mol. The van der Waals surface area contributed by atoms with E-state index in [1.54, 1.807) is 6.07 Å². The largest absolute Gasteiger partial charge is 0.379 e. The lowest BCUT2D eigenvalue weighted by atomic mass is 10.0. The predicted molar refractivity (Wildman–Crippen MR) is 113 cm³/mol. The minimum atomic E-state index is -0.815. The highest BCUT2D eigenvalue weighted by Crippen LogP contribution is 2.30. The summed E-state index contributed by atoms with van der Waals surface area (Å²) in [5, 5.41) is 3.50. The van der Waals surface area contributed by atoms with Crippen molar-refractivity contribution in [3.8, 4) is 11.1 Å². The van der Waals surface area contributed by atoms with Crippen molar-refractivity contribution < 1.29 is 17.9 Å². The Morgan fingerprint density at radius 2 is 1.78 bits per heavy atom. The minimum absolute atomic E-state index is 0.0808. The third-order valence-electron chi connectivity index (χ3n) is 5.41. The van der Waals surface area contributed by atoms with Gasteiger partial charge in [-0.2, -0.15) is 0 Å². The molecule has 1 N–H and O–H groups in total. The molecule has 162 valence electrons. The van der Waals surface area contributed by atoms with E-state index < -0.39 is 23.0 Å². The fraction of sp³-hybridized carbons (Fsp3) is 0.174. The number of ether oxygens (including phenoxy) is 1. The number of hydrogen-bond acceptors (Lipinski definition) is 5. The molecule has 0 bridgehead atoms. The number of anilines is 2. The van der Waals surface area contributed by atoms with Crippen molar-refractivity contribution in [2.75, 3.05) is 18.5 Å². The van der Waals surface area contributed by atoms with Crippen LogP contribution in [0.2, 0.25) is 0 Å². The van der Waals surface area contributed by atoms with E-state index in [2.05, 4.69) is 15.3 Å². The Balaban J connectivity index is 1.70. The lowest BCUT2D eigenvalue weighted by Gasteiger charge is -2.19. The SMILES string of the molecule is O=c1c(-c2c(F)cccc2F)cc2cnc(Nc3ccc(F)cn3)cc2n1[C@H]1CCOC1. The third kappa shape index (κ3) is 3.60. The minimum Gasteiger partial charge on any atom is -0.379 e. The Morgan fingerprint density at radius 3 is 2.47 bits per heavy atom. The maximum absolute atomic E-state index is 14.5. The van der Waals surface area contributed by atoms with Crippen LogP contribution in [-0.4, -0.2) is 27.7 Å². The predicted octanol–water partition coefficient (Wildman–Crippen LogP) is 4.58. The molecule has 9 heteroatoms. The summed E-state index contributed by atoms with van der Waals surface area (Å²) in [6, 6.07) is 9.01. The van der Waals surface area contributed by atoms with Crippen LogP contribution in [-0.2, 0) is 4.74 Å². The Hall–Kier alpha value is -3.72. The van der Waals surface area contributed by atoms with E-state index in [0.29, 0.717) is 42.2 Å². The molecule has 4 aromatic rings. The van der Waals surface area contributed by atoms with Gasteiger partial charge in [0.05, 0.1) is 35.5 Å². The van der Waals surface area contributed by atoms with Crippen LogP contribution in [0.15, 0.2) is 59.7 Å². The lowest BCUT2D eigenvalue weighted by molar-refractivity contribution is 0.186. The second-order valence-corrected chi connectivity index (χ2v) is 7.46. The van der Waals surface area contributed by atoms with Gasteiger partial charge in [-0.05, 0) is 36.8 Å². The van der Waals surface area contributed by atoms with Gasteiger partial charge in [0, 0.05) is 24.3 Å². The molecule has 1 saturated heterocycles. The van der Waals surface area contributed by atoms with Crippen molar-refractivity contribution in [2.45, 2.75) is 12.5 Å². The molecule has 0 radical (unpaired) electrons. The van der Waals surface area contributed by atoms with E-state index in [1.807, 2.05) is 0 Å². The summed E-state index contributed by atoms with van der Waals surface area (Å²) in [5.41, 5.74) is -0.438. The fourth-order valence-corrected chi connectivity index (χ4v) is 3.90. The van der Waals surface area contributed by atoms with Gasteiger partial charge in [-0.3, -0.25) is 4.79 Å². The summed E-state index contributed by atoms with van der Waals surface area (Å²) >= 11 is 0. The molecule has 4 heterocycles. The number of pyridine rings is 3. The van der Waals surface area contributed by atoms with E-state index >= 15 is 0 Å². The standard InChI is InChI=1S/C23H17F3N4O2/c24-14-4-5-20(28-11-14)29-21-9-19-13(10-27-21)8-16(22-17(25)2-1-3-18(22)26)23(31)30(19)15-6-7-32-12-15/h1-5,8-11,15H,6-7,12H2,(H,27,28,29)/t15-/m0/s1. The van der Waals surface area contributed by atoms with Crippen LogP contribution in [0.3, 0.4) is 0 Å². The van der Waals surface area contributed by atoms with Crippen molar-refractivity contribution in [2.24, 2.45) is 0 Å². The van der Waals surface area contributed by atoms with Crippen LogP contribution in [0, 0.1) is 17.5 Å². The summed E-state index contributed by atoms with van der Waals surface area (Å²) in [6.45, 7) is 0.787. The van der Waals surface area contributed by atoms with Gasteiger partial charge in [0.15, 0.2) is 0 Å². The first-order chi connectivity index (χ1) is 15.5. The van der Waals surface area contributed by atoms with Crippen LogP contribution in [0.25, 0.3) is 22.0 Å². The number of hydrogen-bond donors (Lipinski definition) is 1. The first-order valence-corrected chi connectivity index (χ1v) is 9.97. The van der Waals surface area contributed by atoms with E-state index in [4.69, 9.17) is 4.74 Å². The summed E-state index contributed by atoms with van der Waals surface area (Å²) < 4.78 is 49.1. The number of nitrogens with zero attached hydrogens (tertiary/aromatic N) is 3. The number of halogens is 3. The maximum atomic E-state index is 14.5. The van der Waals surface area contributed by atoms with E-state index in [9.17, 15) is 18.0 Å². The zero-order valence-corrected chi connectivity index (χ0v) is 16.7. The van der Waals surface area contributed by atoms with Gasteiger partial charge in [-0.1, -0.05) is 6.07 Å². The molecular formula is C23H17F3N4O2. The summed E-state index contributed by atoms with van der Waals surface area (Å²) in [6.07, 6.45) is 3.17. The summed E-state index contributed by atoms with van der Waals surface area (Å²) in [4.78, 5) is 21.7. The van der Waals surface area contributed by atoms with Crippen LogP contribution in [0.5, 0.6) is 0 Å². The Bertz CT molecular complexity index is 1350. The second-order valence-electron chi connectivity index (χ2n) is 7.46. The molecule has 5 rings (SSSR count). The highest BCUT2D eigenvalue weighted by atomic mass is 19.1. The Labute approximate surface area is 180 Å². The Kier molecular flexibility index (Phi) is 5.10. The van der Waals surface area contributed by atoms with Crippen LogP contribution in [0.1, 0.15) is 12.5 Å². The van der Waals surface area contributed by atoms with Gasteiger partial charge in [0.25, 0.3) is 5.56 Å². The van der Waals surface area contributed by atoms with Gasteiger partial charge >= 0.3 is 0 Å². The maximum Gasteiger partial charge on any atom is 0.259 e. The molecule has 1 atom stereocenters. The van der Waals surface area contributed by atoms with Crippen LogP contribution < -0.4 is 10.9 Å². The average Bonchev–Trinajstić information content (AvgIpc) is 3.30. The molecule has 1 aromatic carbocycles. The first-order valence-electron chi connectivity index (χ1n) is 9.97. The number of fused-ring (bicyclic) bond motifs is 1. The molecule has 0 amide bonds. The van der Waals surface area contributed by atoms with E-state index in [0.717, 1.165) is 18.3 Å². The highest BCUT2D eigenvalue weighted by molar-refractivity contribution is 5.86. The van der Waals surface area contributed by atoms with E-state index in [-0.39, 0.29) is 17.2 Å². The van der Waals surface area contributed by atoms with Gasteiger partial charge < -0.3 is 14.6 Å². The van der Waals surface area contributed by atoms with Gasteiger partial charge in [-0.15, -0.1) is 0 Å². The quantitative estimate of drug-likeness (QED) is 0.505. The van der Waals surface area contributed by atoms with Crippen molar-refractivity contribution in [1.29, 1.82) is 0 Å². The smallest absolute Gasteiger partial charge is 0.259 e. The van der Waals surface area contributed by atoms with Crippen LogP contribution >= 0.6 is 0 Å². The van der Waals surface area contributed by atoms with E-state index in [1.165, 1.54) is 35.0 Å². The molecule has 32 heavy (non-hydrogen) atoms. The lowest BCUT2D eigenvalue weighted by Crippen LogP contribution is -2.27. The molecule has 1 aliphatic rings. The average molecular weight is 438 g/mol. The zero-order chi connectivity index (χ0) is 22.2. The van der Waals surface area contributed by atoms with Crippen molar-refractivity contribution in [3.63, 3.8) is 0 Å². The normalized spacial score (nSPS) is 15.9. The molecule has 0 saturated carbocycles. The van der Waals surface area contributed by atoms with Gasteiger partial charge in [-0.25, -0.2) is 23.1 Å². The molecule has 1 aliphatic heterocycles. The number of rotatable bonds is 4. The first kappa shape index (κ1) is 20.2. The number of nitrogens with one attached hydrogen (secondary N) is 1. The van der Waals surface area contributed by atoms with Gasteiger partial charge in [0.2, 0.25) is 0 Å². The zero-order valence-electron chi connectivity index (χ0n) is 16.7. The molecule has 0 aliphatic carbocycles. The highest BCUT2D eigenvalue weighted by Gasteiger charge is 2.25. The second kappa shape index (κ2) is 8.08. The van der Waals surface area contributed by atoms with Crippen molar-refractivity contribution >= 4 is 22.5 Å². The molecule has 6 nitrogen and oxygen atoms in total. The number of aromatic nitrogens is 3. The Morgan fingerprint density at radius 1 is 1.00 bits per heavy atom. The summed E-state index contributed by atoms with van der Waals surface area (Å²) in [7, 11) is 0. The molecular weight excluding hydrogens is 421 g/mol. The summed E-state index contributed by atoms with van der Waals surface area (Å²) in [5.74, 6) is -1.34. The molecule has 0 unspecified atom stereocenters. The van der Waals surface area contributed by atoms with Crippen LogP contribution in [0.4, 0.5) is 24.8 Å². The van der Waals surface area contributed by atoms with Gasteiger partial charge in [0.1, 0.15) is 29.1 Å². The van der Waals surface area contributed by atoms with Crippen molar-refractivity contribution in [3.05, 3.63) is 82.7 Å². The number of benzene rings is 1. The molecule has 1 fully saturated rings. The topological polar surface area (TPSA) is 69.0 Å². The molecule has 3 aromatic heterocycles. The third-order valence-corrected chi connectivity index (χ3v) is 5.41. The fourth-order valence-electron chi connectivity index (χ4n) is 3.90.